The second-order valence-electron chi connectivity index (χ2n) is 11.4. The van der Waals surface area contributed by atoms with Crippen LogP contribution in [-0.4, -0.2) is 52.2 Å². The fraction of sp³-hybridized carbons (Fsp3) is 1.00. The summed E-state index contributed by atoms with van der Waals surface area (Å²) in [5, 5.41) is 0. The van der Waals surface area contributed by atoms with Crippen LogP contribution in [0.25, 0.3) is 0 Å². The van der Waals surface area contributed by atoms with E-state index in [4.69, 9.17) is 0 Å². The van der Waals surface area contributed by atoms with Crippen molar-refractivity contribution in [3.63, 3.8) is 0 Å². The highest BCUT2D eigenvalue weighted by molar-refractivity contribution is 8.02. The maximum atomic E-state index is 2.87. The molecule has 0 aliphatic rings. The summed E-state index contributed by atoms with van der Waals surface area (Å²) >= 11 is 0. The van der Waals surface area contributed by atoms with Gasteiger partial charge in [0.05, 0.1) is 0 Å². The molecule has 0 amide bonds. The molecule has 0 nitrogen and oxygen atoms in total. The van der Waals surface area contributed by atoms with E-state index in [1.54, 1.807) is 0 Å². The molecular formula is C14H42Si7. The maximum absolute atomic E-state index is 2.87. The Morgan fingerprint density at radius 3 is 0.571 bits per heavy atom. The zero-order chi connectivity index (χ0) is 17.7. The van der Waals surface area contributed by atoms with E-state index in [1.165, 1.54) is 8.55 Å². The second kappa shape index (κ2) is 6.11. The molecule has 0 unspecified atom stereocenters. The first-order valence-corrected chi connectivity index (χ1v) is 34.5. The van der Waals surface area contributed by atoms with E-state index in [9.17, 15) is 0 Å². The Kier molecular flexibility index (Phi) is 6.55. The summed E-state index contributed by atoms with van der Waals surface area (Å²) in [5.41, 5.74) is 0. The lowest BCUT2D eigenvalue weighted by Gasteiger charge is -2.57. The van der Waals surface area contributed by atoms with E-state index in [1.807, 2.05) is 0 Å². The van der Waals surface area contributed by atoms with Crippen LogP contribution in [0.4, 0.5) is 0 Å². The minimum atomic E-state index is -1.07. The molecule has 7 heteroatoms. The first-order chi connectivity index (χ1) is 8.71. The van der Waals surface area contributed by atoms with Gasteiger partial charge in [0.25, 0.3) is 0 Å². The standard InChI is InChI=1S/C14H42Si7/c1-16(2,3)20(13,17(4,5)6)15-21(14,18(7,8)9)19(10,11)12/h1-14H3. The number of rotatable bonds is 6. The van der Waals surface area contributed by atoms with Crippen LogP contribution in [0.15, 0.2) is 0 Å². The van der Waals surface area contributed by atoms with E-state index < -0.39 is 43.6 Å². The lowest BCUT2D eigenvalue weighted by atomic mass is 11.8. The number of hydrogen-bond acceptors (Lipinski definition) is 0. The average Bonchev–Trinajstić information content (AvgIpc) is 2.09. The Hall–Kier alpha value is 1.52. The fourth-order valence-electron chi connectivity index (χ4n) is 3.50. The molecular weight excluding hydrogens is 365 g/mol. The third-order valence-corrected chi connectivity index (χ3v) is 135. The summed E-state index contributed by atoms with van der Waals surface area (Å²) < 4.78 is 0. The van der Waals surface area contributed by atoms with Gasteiger partial charge in [-0.1, -0.05) is 91.7 Å². The highest BCUT2D eigenvalue weighted by Crippen LogP contribution is 2.36. The predicted molar refractivity (Wildman–Crippen MR) is 122 cm³/mol. The van der Waals surface area contributed by atoms with Gasteiger partial charge in [-0.15, -0.1) is 0 Å². The van der Waals surface area contributed by atoms with E-state index in [0.29, 0.717) is 0 Å². The summed E-state index contributed by atoms with van der Waals surface area (Å²) in [6, 6.07) is 0. The SMILES string of the molecule is C[Si](C)(C)[Si](C)([Si][Si](C)([Si](C)(C)C)[Si](C)(C)C)[Si](C)(C)C. The van der Waals surface area contributed by atoms with Crippen molar-refractivity contribution in [3.8, 4) is 0 Å². The zero-order valence-electron chi connectivity index (χ0n) is 17.5. The van der Waals surface area contributed by atoms with Crippen LogP contribution >= 0.6 is 0 Å². The van der Waals surface area contributed by atoms with Gasteiger partial charge in [-0.25, -0.2) is 0 Å². The summed E-state index contributed by atoms with van der Waals surface area (Å²) in [4.78, 5) is 0. The average molecular weight is 407 g/mol. The molecule has 0 spiro atoms. The molecule has 0 saturated heterocycles. The van der Waals surface area contributed by atoms with Crippen LogP contribution in [0.1, 0.15) is 0 Å². The normalized spacial score (nSPS) is 16.3. The van der Waals surface area contributed by atoms with Crippen molar-refractivity contribution in [2.24, 2.45) is 0 Å². The molecule has 0 atom stereocenters. The van der Waals surface area contributed by atoms with Crippen molar-refractivity contribution in [2.45, 2.75) is 91.7 Å². The second-order valence-corrected chi connectivity index (χ2v) is 82.1. The van der Waals surface area contributed by atoms with Crippen LogP contribution in [0, 0.1) is 0 Å². The van der Waals surface area contributed by atoms with Gasteiger partial charge in [-0.05, 0) is 0 Å². The third-order valence-electron chi connectivity index (χ3n) is 6.50. The monoisotopic (exact) mass is 406 g/mol. The minimum Gasteiger partial charge on any atom is -0.0753 e. The van der Waals surface area contributed by atoms with Crippen LogP contribution in [0.3, 0.4) is 0 Å². The van der Waals surface area contributed by atoms with Crippen molar-refractivity contribution in [1.29, 1.82) is 0 Å². The van der Waals surface area contributed by atoms with Gasteiger partial charge in [-0.3, -0.25) is 0 Å². The van der Waals surface area contributed by atoms with Gasteiger partial charge >= 0.3 is 0 Å². The highest BCUT2D eigenvalue weighted by Gasteiger charge is 2.60. The van der Waals surface area contributed by atoms with Crippen molar-refractivity contribution < 1.29 is 0 Å². The summed E-state index contributed by atoms with van der Waals surface area (Å²) in [7, 11) is -2.64. The molecule has 0 N–H and O–H groups in total. The van der Waals surface area contributed by atoms with Crippen molar-refractivity contribution in [2.75, 3.05) is 0 Å². The first kappa shape index (κ1) is 22.5. The molecule has 0 fully saturated rings. The molecule has 0 aromatic carbocycles. The molecule has 21 heavy (non-hydrogen) atoms. The molecule has 0 aliphatic carbocycles. The van der Waals surface area contributed by atoms with Gasteiger partial charge < -0.3 is 0 Å². The zero-order valence-corrected chi connectivity index (χ0v) is 24.5. The fourth-order valence-corrected chi connectivity index (χ4v) is 176. The molecule has 0 heterocycles. The topological polar surface area (TPSA) is 0 Å². The minimum absolute atomic E-state index is 1.02. The summed E-state index contributed by atoms with van der Waals surface area (Å²) in [6.45, 7) is 36.2. The maximum Gasteiger partial charge on any atom is 0.0326 e. The third kappa shape index (κ3) is 4.33. The molecule has 0 saturated carbocycles. The molecule has 0 bridgehead atoms. The van der Waals surface area contributed by atoms with Crippen LogP contribution in [-0.2, 0) is 0 Å². The molecule has 2 radical (unpaired) electrons. The van der Waals surface area contributed by atoms with E-state index in [2.05, 4.69) is 91.7 Å². The summed E-state index contributed by atoms with van der Waals surface area (Å²) in [6.07, 6.45) is 0. The van der Waals surface area contributed by atoms with Crippen LogP contribution in [0.5, 0.6) is 0 Å². The molecule has 0 aromatic heterocycles. The lowest BCUT2D eigenvalue weighted by molar-refractivity contribution is 1.75. The molecule has 0 aromatic rings. The number of hydrogen-bond donors (Lipinski definition) is 0. The van der Waals surface area contributed by atoms with Gasteiger partial charge in [0.2, 0.25) is 0 Å². The van der Waals surface area contributed by atoms with E-state index >= 15 is 0 Å². The Balaban J connectivity index is 6.15. The van der Waals surface area contributed by atoms with Gasteiger partial charge in [0.1, 0.15) is 0 Å². The highest BCUT2D eigenvalue weighted by atomic mass is 30.2. The Labute approximate surface area is 143 Å². The summed E-state index contributed by atoms with van der Waals surface area (Å²) in [5.74, 6) is 0. The van der Waals surface area contributed by atoms with Crippen molar-refractivity contribution in [1.82, 2.24) is 0 Å². The lowest BCUT2D eigenvalue weighted by Crippen LogP contribution is -2.85. The Morgan fingerprint density at radius 2 is 0.476 bits per heavy atom. The molecule has 0 aliphatic heterocycles. The quantitative estimate of drug-likeness (QED) is 0.510. The van der Waals surface area contributed by atoms with Gasteiger partial charge in [0.15, 0.2) is 0 Å². The largest absolute Gasteiger partial charge is 0.0753 e. The molecule has 126 valence electrons. The van der Waals surface area contributed by atoms with Gasteiger partial charge in [-0.2, -0.15) is 0 Å². The Morgan fingerprint density at radius 1 is 0.333 bits per heavy atom. The van der Waals surface area contributed by atoms with Crippen LogP contribution in [0.2, 0.25) is 91.7 Å². The van der Waals surface area contributed by atoms with Crippen molar-refractivity contribution >= 4 is 52.2 Å². The smallest absolute Gasteiger partial charge is 0.0326 e. The van der Waals surface area contributed by atoms with Crippen molar-refractivity contribution in [3.05, 3.63) is 0 Å². The first-order valence-electron chi connectivity index (χ1n) is 8.50. The molecule has 0 rings (SSSR count). The Bertz CT molecular complexity index is 299. The predicted octanol–water partition coefficient (Wildman–Crippen LogP) is 5.51. The van der Waals surface area contributed by atoms with E-state index in [0.717, 1.165) is 0 Å². The van der Waals surface area contributed by atoms with E-state index in [-0.39, 0.29) is 0 Å². The van der Waals surface area contributed by atoms with Gasteiger partial charge in [0, 0.05) is 52.2 Å². The van der Waals surface area contributed by atoms with Crippen LogP contribution < -0.4 is 0 Å².